The Labute approximate surface area is 124 Å². The second-order valence-electron chi connectivity index (χ2n) is 3.82. The summed E-state index contributed by atoms with van der Waals surface area (Å²) in [5, 5.41) is 0. The molecular formula is C11H16BrNO4S2. The van der Waals surface area contributed by atoms with E-state index in [1.54, 1.807) is 18.4 Å². The molecule has 5 nitrogen and oxygen atoms in total. The highest BCUT2D eigenvalue weighted by Gasteiger charge is 2.19. The van der Waals surface area contributed by atoms with Gasteiger partial charge in [-0.3, -0.25) is 4.21 Å². The molecule has 0 radical (unpaired) electrons. The van der Waals surface area contributed by atoms with E-state index in [9.17, 15) is 12.6 Å². The summed E-state index contributed by atoms with van der Waals surface area (Å²) in [6.45, 7) is 0.248. The number of methoxy groups -OCH3 is 1. The molecule has 0 heterocycles. The summed E-state index contributed by atoms with van der Waals surface area (Å²) in [4.78, 5) is 0.0852. The van der Waals surface area contributed by atoms with Crippen molar-refractivity contribution in [3.63, 3.8) is 0 Å². The molecule has 1 rings (SSSR count). The fraction of sp³-hybridized carbons (Fsp3) is 0.455. The summed E-state index contributed by atoms with van der Waals surface area (Å²) in [6, 6.07) is 4.77. The monoisotopic (exact) mass is 369 g/mol. The van der Waals surface area contributed by atoms with Gasteiger partial charge in [-0.1, -0.05) is 15.9 Å². The molecule has 8 heteroatoms. The van der Waals surface area contributed by atoms with Crippen molar-refractivity contribution in [2.24, 2.45) is 0 Å². The first-order valence-electron chi connectivity index (χ1n) is 5.50. The molecule has 0 aliphatic carbocycles. The van der Waals surface area contributed by atoms with Crippen LogP contribution in [-0.4, -0.2) is 38.3 Å². The minimum Gasteiger partial charge on any atom is -0.495 e. The van der Waals surface area contributed by atoms with Crippen LogP contribution in [0.25, 0.3) is 0 Å². The van der Waals surface area contributed by atoms with E-state index in [0.29, 0.717) is 16.6 Å². The van der Waals surface area contributed by atoms with E-state index in [1.165, 1.54) is 13.2 Å². The molecule has 0 amide bonds. The van der Waals surface area contributed by atoms with E-state index >= 15 is 0 Å². The van der Waals surface area contributed by atoms with Crippen molar-refractivity contribution in [3.8, 4) is 5.75 Å². The lowest BCUT2D eigenvalue weighted by Crippen LogP contribution is -2.26. The normalized spacial score (nSPS) is 13.2. The van der Waals surface area contributed by atoms with Gasteiger partial charge < -0.3 is 4.74 Å². The van der Waals surface area contributed by atoms with Crippen LogP contribution in [0.5, 0.6) is 5.75 Å². The highest BCUT2D eigenvalue weighted by molar-refractivity contribution is 9.10. The maximum atomic E-state index is 12.1. The Morgan fingerprint density at radius 1 is 1.42 bits per heavy atom. The van der Waals surface area contributed by atoms with Gasteiger partial charge in [0.15, 0.2) is 0 Å². The van der Waals surface area contributed by atoms with Crippen molar-refractivity contribution in [3.05, 3.63) is 22.7 Å². The van der Waals surface area contributed by atoms with Gasteiger partial charge in [0, 0.05) is 33.8 Å². The highest BCUT2D eigenvalue weighted by Crippen LogP contribution is 2.26. The highest BCUT2D eigenvalue weighted by atomic mass is 79.9. The number of nitrogens with one attached hydrogen (secondary N) is 1. The smallest absolute Gasteiger partial charge is 0.244 e. The first kappa shape index (κ1) is 16.6. The SMILES string of the molecule is COc1ccc(Br)cc1S(=O)(=O)NCCCS(C)=O. The summed E-state index contributed by atoms with van der Waals surface area (Å²) in [5.74, 6) is 0.757. The number of ether oxygens (including phenoxy) is 1. The summed E-state index contributed by atoms with van der Waals surface area (Å²) in [6.07, 6.45) is 2.12. The van der Waals surface area contributed by atoms with E-state index < -0.39 is 20.8 Å². The molecule has 1 aromatic carbocycles. The Morgan fingerprint density at radius 3 is 2.68 bits per heavy atom. The van der Waals surface area contributed by atoms with Crippen molar-refractivity contribution in [1.82, 2.24) is 4.72 Å². The zero-order chi connectivity index (χ0) is 14.5. The molecule has 0 fully saturated rings. The molecule has 1 N–H and O–H groups in total. The Kier molecular flexibility index (Phi) is 6.45. The number of hydrogen-bond acceptors (Lipinski definition) is 4. The summed E-state index contributed by atoms with van der Waals surface area (Å²) < 4.78 is 43.3. The van der Waals surface area contributed by atoms with E-state index in [1.807, 2.05) is 0 Å². The average Bonchev–Trinajstić information content (AvgIpc) is 2.34. The lowest BCUT2D eigenvalue weighted by molar-refractivity contribution is 0.402. The zero-order valence-electron chi connectivity index (χ0n) is 10.7. The van der Waals surface area contributed by atoms with Crippen molar-refractivity contribution >= 4 is 36.8 Å². The average molecular weight is 370 g/mol. The lowest BCUT2D eigenvalue weighted by Gasteiger charge is -2.10. The van der Waals surface area contributed by atoms with Crippen LogP contribution in [0.15, 0.2) is 27.6 Å². The molecule has 0 spiro atoms. The standard InChI is InChI=1S/C11H16BrNO4S2/c1-17-10-5-4-9(12)8-11(10)19(15,16)13-6-3-7-18(2)14/h4-5,8,13H,3,6-7H2,1-2H3. The summed E-state index contributed by atoms with van der Waals surface area (Å²) in [5.41, 5.74) is 0. The zero-order valence-corrected chi connectivity index (χ0v) is 13.9. The van der Waals surface area contributed by atoms with Crippen LogP contribution < -0.4 is 9.46 Å². The maximum absolute atomic E-state index is 12.1. The molecule has 0 saturated heterocycles. The predicted octanol–water partition coefficient (Wildman–Crippen LogP) is 1.50. The molecule has 1 aromatic rings. The van der Waals surface area contributed by atoms with Gasteiger partial charge in [-0.25, -0.2) is 13.1 Å². The van der Waals surface area contributed by atoms with Gasteiger partial charge in [-0.15, -0.1) is 0 Å². The molecule has 1 atom stereocenters. The molecular weight excluding hydrogens is 354 g/mol. The molecule has 0 aromatic heterocycles. The molecule has 0 bridgehead atoms. The van der Waals surface area contributed by atoms with Gasteiger partial charge in [-0.2, -0.15) is 0 Å². The van der Waals surface area contributed by atoms with Gasteiger partial charge in [0.25, 0.3) is 0 Å². The topological polar surface area (TPSA) is 72.5 Å². The van der Waals surface area contributed by atoms with E-state index in [0.717, 1.165) is 0 Å². The van der Waals surface area contributed by atoms with Crippen LogP contribution >= 0.6 is 15.9 Å². The number of sulfonamides is 1. The first-order chi connectivity index (χ1) is 8.86. The largest absolute Gasteiger partial charge is 0.495 e. The molecule has 19 heavy (non-hydrogen) atoms. The summed E-state index contributed by atoms with van der Waals surface area (Å²) >= 11 is 3.23. The third kappa shape index (κ3) is 5.21. The molecule has 1 unspecified atom stereocenters. The molecule has 0 aliphatic heterocycles. The van der Waals surface area contributed by atoms with E-state index in [4.69, 9.17) is 4.74 Å². The molecule has 0 aliphatic rings. The fourth-order valence-electron chi connectivity index (χ4n) is 1.42. The lowest BCUT2D eigenvalue weighted by atomic mass is 10.3. The number of hydrogen-bond donors (Lipinski definition) is 1. The number of halogens is 1. The number of rotatable bonds is 7. The second kappa shape index (κ2) is 7.37. The second-order valence-corrected chi connectivity index (χ2v) is 8.03. The van der Waals surface area contributed by atoms with Crippen LogP contribution in [0.2, 0.25) is 0 Å². The fourth-order valence-corrected chi connectivity index (χ4v) is 3.75. The van der Waals surface area contributed by atoms with Gasteiger partial charge in [0.1, 0.15) is 10.6 Å². The van der Waals surface area contributed by atoms with Gasteiger partial charge in [-0.05, 0) is 24.6 Å². The molecule has 108 valence electrons. The van der Waals surface area contributed by atoms with Crippen molar-refractivity contribution in [2.45, 2.75) is 11.3 Å². The van der Waals surface area contributed by atoms with Crippen LogP contribution in [0, 0.1) is 0 Å². The van der Waals surface area contributed by atoms with Crippen LogP contribution in [-0.2, 0) is 20.8 Å². The Balaban J connectivity index is 2.82. The Bertz CT molecular complexity index is 560. The third-order valence-corrected chi connectivity index (χ3v) is 5.15. The van der Waals surface area contributed by atoms with Gasteiger partial charge in [0.05, 0.1) is 7.11 Å². The maximum Gasteiger partial charge on any atom is 0.244 e. The third-order valence-electron chi connectivity index (χ3n) is 2.32. The predicted molar refractivity (Wildman–Crippen MR) is 79.4 cm³/mol. The Morgan fingerprint density at radius 2 is 2.11 bits per heavy atom. The summed E-state index contributed by atoms with van der Waals surface area (Å²) in [7, 11) is -3.12. The Hall–Kier alpha value is -0.440. The van der Waals surface area contributed by atoms with Crippen molar-refractivity contribution < 1.29 is 17.4 Å². The van der Waals surface area contributed by atoms with Crippen molar-refractivity contribution in [1.29, 1.82) is 0 Å². The van der Waals surface area contributed by atoms with Gasteiger partial charge >= 0.3 is 0 Å². The molecule has 0 saturated carbocycles. The minimum absolute atomic E-state index is 0.0852. The van der Waals surface area contributed by atoms with E-state index in [-0.39, 0.29) is 17.2 Å². The first-order valence-corrected chi connectivity index (χ1v) is 9.50. The quantitative estimate of drug-likeness (QED) is 0.739. The van der Waals surface area contributed by atoms with Crippen LogP contribution in [0.1, 0.15) is 6.42 Å². The van der Waals surface area contributed by atoms with E-state index in [2.05, 4.69) is 20.7 Å². The van der Waals surface area contributed by atoms with Gasteiger partial charge in [0.2, 0.25) is 10.0 Å². The van der Waals surface area contributed by atoms with Crippen LogP contribution in [0.3, 0.4) is 0 Å². The minimum atomic E-state index is -3.63. The van der Waals surface area contributed by atoms with Crippen molar-refractivity contribution in [2.75, 3.05) is 25.7 Å². The van der Waals surface area contributed by atoms with Crippen LogP contribution in [0.4, 0.5) is 0 Å². The number of benzene rings is 1.